The van der Waals surface area contributed by atoms with Crippen LogP contribution in [0.25, 0.3) is 0 Å². The summed E-state index contributed by atoms with van der Waals surface area (Å²) in [5.74, 6) is -0.156. The molecular formula is C14H20FNO. The third kappa shape index (κ3) is 3.79. The van der Waals surface area contributed by atoms with Gasteiger partial charge in [-0.05, 0) is 42.4 Å². The van der Waals surface area contributed by atoms with Crippen LogP contribution in [-0.2, 0) is 11.2 Å². The summed E-state index contributed by atoms with van der Waals surface area (Å²) in [4.78, 5) is 0. The van der Waals surface area contributed by atoms with Crippen LogP contribution < -0.4 is 5.32 Å². The SMILES string of the molecule is COCCNCC1(Cc2ccc(F)cc2)CC1. The maximum absolute atomic E-state index is 12.8. The predicted octanol–water partition coefficient (Wildman–Crippen LogP) is 2.38. The second-order valence-electron chi connectivity index (χ2n) is 4.97. The summed E-state index contributed by atoms with van der Waals surface area (Å²) in [5, 5.41) is 3.42. The van der Waals surface area contributed by atoms with E-state index in [2.05, 4.69) is 5.32 Å². The molecule has 0 atom stereocenters. The number of hydrogen-bond acceptors (Lipinski definition) is 2. The van der Waals surface area contributed by atoms with Gasteiger partial charge in [-0.25, -0.2) is 4.39 Å². The van der Waals surface area contributed by atoms with Crippen LogP contribution in [0, 0.1) is 11.2 Å². The monoisotopic (exact) mass is 237 g/mol. The highest BCUT2D eigenvalue weighted by Gasteiger charge is 2.41. The molecule has 0 amide bonds. The number of halogens is 1. The molecule has 1 saturated carbocycles. The van der Waals surface area contributed by atoms with Crippen molar-refractivity contribution in [2.75, 3.05) is 26.8 Å². The average molecular weight is 237 g/mol. The predicted molar refractivity (Wildman–Crippen MR) is 66.5 cm³/mol. The van der Waals surface area contributed by atoms with Crippen molar-refractivity contribution in [3.05, 3.63) is 35.6 Å². The molecule has 1 N–H and O–H groups in total. The normalized spacial score (nSPS) is 17.1. The Balaban J connectivity index is 1.79. The van der Waals surface area contributed by atoms with Gasteiger partial charge in [0.05, 0.1) is 6.61 Å². The van der Waals surface area contributed by atoms with Crippen LogP contribution in [-0.4, -0.2) is 26.8 Å². The van der Waals surface area contributed by atoms with Gasteiger partial charge in [0.2, 0.25) is 0 Å². The van der Waals surface area contributed by atoms with Crippen LogP contribution >= 0.6 is 0 Å². The summed E-state index contributed by atoms with van der Waals surface area (Å²) >= 11 is 0. The van der Waals surface area contributed by atoms with E-state index in [-0.39, 0.29) is 5.82 Å². The van der Waals surface area contributed by atoms with Crippen LogP contribution in [0.15, 0.2) is 24.3 Å². The van der Waals surface area contributed by atoms with Crippen molar-refractivity contribution in [3.8, 4) is 0 Å². The van der Waals surface area contributed by atoms with Gasteiger partial charge >= 0.3 is 0 Å². The van der Waals surface area contributed by atoms with Gasteiger partial charge in [-0.1, -0.05) is 12.1 Å². The number of hydrogen-bond donors (Lipinski definition) is 1. The third-order valence-electron chi connectivity index (χ3n) is 3.43. The molecule has 0 aliphatic heterocycles. The summed E-state index contributed by atoms with van der Waals surface area (Å²) in [6.07, 6.45) is 3.59. The lowest BCUT2D eigenvalue weighted by Gasteiger charge is -2.16. The standard InChI is InChI=1S/C14H20FNO/c1-17-9-8-16-11-14(6-7-14)10-12-2-4-13(15)5-3-12/h2-5,16H,6-11H2,1H3. The molecule has 94 valence electrons. The summed E-state index contributed by atoms with van der Waals surface area (Å²) < 4.78 is 17.8. The molecule has 0 bridgehead atoms. The molecule has 17 heavy (non-hydrogen) atoms. The quantitative estimate of drug-likeness (QED) is 0.735. The van der Waals surface area contributed by atoms with Crippen molar-refractivity contribution in [1.29, 1.82) is 0 Å². The number of benzene rings is 1. The summed E-state index contributed by atoms with van der Waals surface area (Å²) in [7, 11) is 1.72. The lowest BCUT2D eigenvalue weighted by Crippen LogP contribution is -2.28. The van der Waals surface area contributed by atoms with Crippen molar-refractivity contribution < 1.29 is 9.13 Å². The second-order valence-corrected chi connectivity index (χ2v) is 4.97. The van der Waals surface area contributed by atoms with Crippen LogP contribution in [0.3, 0.4) is 0 Å². The first-order valence-corrected chi connectivity index (χ1v) is 6.18. The van der Waals surface area contributed by atoms with E-state index in [0.29, 0.717) is 5.41 Å². The van der Waals surface area contributed by atoms with Gasteiger partial charge in [-0.15, -0.1) is 0 Å². The minimum atomic E-state index is -0.156. The lowest BCUT2D eigenvalue weighted by molar-refractivity contribution is 0.197. The molecule has 0 radical (unpaired) electrons. The molecule has 0 saturated heterocycles. The smallest absolute Gasteiger partial charge is 0.123 e. The first kappa shape index (κ1) is 12.5. The molecule has 0 aromatic heterocycles. The van der Waals surface area contributed by atoms with Crippen LogP contribution in [0.1, 0.15) is 18.4 Å². The zero-order chi connectivity index (χ0) is 12.1. The summed E-state index contributed by atoms with van der Waals surface area (Å²) in [5.41, 5.74) is 1.64. The molecule has 1 aromatic rings. The van der Waals surface area contributed by atoms with Gasteiger partial charge in [-0.3, -0.25) is 0 Å². The maximum Gasteiger partial charge on any atom is 0.123 e. The van der Waals surface area contributed by atoms with Crippen molar-refractivity contribution in [3.63, 3.8) is 0 Å². The van der Waals surface area contributed by atoms with E-state index in [1.54, 1.807) is 19.2 Å². The molecule has 2 nitrogen and oxygen atoms in total. The maximum atomic E-state index is 12.8. The summed E-state index contributed by atoms with van der Waals surface area (Å²) in [6, 6.07) is 6.88. The zero-order valence-electron chi connectivity index (χ0n) is 10.3. The highest BCUT2D eigenvalue weighted by atomic mass is 19.1. The van der Waals surface area contributed by atoms with Gasteiger partial charge in [0.25, 0.3) is 0 Å². The Hall–Kier alpha value is -0.930. The topological polar surface area (TPSA) is 21.3 Å². The van der Waals surface area contributed by atoms with Gasteiger partial charge in [-0.2, -0.15) is 0 Å². The second kappa shape index (κ2) is 5.61. The fourth-order valence-corrected chi connectivity index (χ4v) is 2.16. The molecule has 0 spiro atoms. The van der Waals surface area contributed by atoms with Gasteiger partial charge in [0.15, 0.2) is 0 Å². The Morgan fingerprint density at radius 3 is 2.59 bits per heavy atom. The highest BCUT2D eigenvalue weighted by molar-refractivity contribution is 5.19. The van der Waals surface area contributed by atoms with E-state index in [9.17, 15) is 4.39 Å². The molecular weight excluding hydrogens is 217 g/mol. The fourth-order valence-electron chi connectivity index (χ4n) is 2.16. The molecule has 0 unspecified atom stereocenters. The molecule has 1 aliphatic carbocycles. The fraction of sp³-hybridized carbons (Fsp3) is 0.571. The third-order valence-corrected chi connectivity index (χ3v) is 3.43. The lowest BCUT2D eigenvalue weighted by atomic mass is 9.96. The number of ether oxygens (including phenoxy) is 1. The van der Waals surface area contributed by atoms with Crippen molar-refractivity contribution in [1.82, 2.24) is 5.32 Å². The number of methoxy groups -OCH3 is 1. The van der Waals surface area contributed by atoms with E-state index in [4.69, 9.17) is 4.74 Å². The van der Waals surface area contributed by atoms with Crippen molar-refractivity contribution in [2.24, 2.45) is 5.41 Å². The number of rotatable bonds is 7. The van der Waals surface area contributed by atoms with Gasteiger partial charge in [0.1, 0.15) is 5.82 Å². The largest absolute Gasteiger partial charge is 0.383 e. The molecule has 3 heteroatoms. The Morgan fingerprint density at radius 1 is 1.29 bits per heavy atom. The highest BCUT2D eigenvalue weighted by Crippen LogP contribution is 2.47. The van der Waals surface area contributed by atoms with Crippen molar-refractivity contribution in [2.45, 2.75) is 19.3 Å². The summed E-state index contributed by atoms with van der Waals surface area (Å²) in [6.45, 7) is 2.70. The number of nitrogens with one attached hydrogen (secondary N) is 1. The van der Waals surface area contributed by atoms with E-state index in [1.165, 1.54) is 18.4 Å². The van der Waals surface area contributed by atoms with E-state index < -0.39 is 0 Å². The molecule has 1 aliphatic rings. The minimum Gasteiger partial charge on any atom is -0.383 e. The van der Waals surface area contributed by atoms with E-state index in [0.717, 1.165) is 26.1 Å². The van der Waals surface area contributed by atoms with Gasteiger partial charge < -0.3 is 10.1 Å². The Kier molecular flexibility index (Phi) is 4.13. The van der Waals surface area contributed by atoms with Gasteiger partial charge in [0, 0.05) is 20.2 Å². The van der Waals surface area contributed by atoms with Crippen molar-refractivity contribution >= 4 is 0 Å². The first-order valence-electron chi connectivity index (χ1n) is 6.18. The van der Waals surface area contributed by atoms with Crippen LogP contribution in [0.2, 0.25) is 0 Å². The molecule has 2 rings (SSSR count). The van der Waals surface area contributed by atoms with Crippen LogP contribution in [0.5, 0.6) is 0 Å². The zero-order valence-corrected chi connectivity index (χ0v) is 10.3. The Bertz CT molecular complexity index is 346. The Morgan fingerprint density at radius 2 is 2.00 bits per heavy atom. The average Bonchev–Trinajstić information content (AvgIpc) is 3.08. The molecule has 1 aromatic carbocycles. The minimum absolute atomic E-state index is 0.156. The Labute approximate surface area is 102 Å². The molecule has 0 heterocycles. The first-order chi connectivity index (χ1) is 8.24. The van der Waals surface area contributed by atoms with E-state index in [1.807, 2.05) is 12.1 Å². The van der Waals surface area contributed by atoms with E-state index >= 15 is 0 Å². The molecule has 1 fully saturated rings. The van der Waals surface area contributed by atoms with Crippen LogP contribution in [0.4, 0.5) is 4.39 Å².